The first-order chi connectivity index (χ1) is 10.5. The Morgan fingerprint density at radius 3 is 2.27 bits per heavy atom. The van der Waals surface area contributed by atoms with E-state index in [0.29, 0.717) is 28.2 Å². The van der Waals surface area contributed by atoms with E-state index in [0.717, 1.165) is 11.4 Å². The van der Waals surface area contributed by atoms with Crippen LogP contribution in [0.25, 0.3) is 0 Å². The Hall–Kier alpha value is -2.41. The Kier molecular flexibility index (Phi) is 5.11. The van der Waals surface area contributed by atoms with Crippen molar-refractivity contribution in [1.29, 1.82) is 0 Å². The summed E-state index contributed by atoms with van der Waals surface area (Å²) in [5.41, 5.74) is 2.44. The Morgan fingerprint density at radius 1 is 1.00 bits per heavy atom. The highest BCUT2D eigenvalue weighted by Gasteiger charge is 2.08. The second-order valence-corrected chi connectivity index (χ2v) is 5.03. The number of nitrogens with zero attached hydrogens (tertiary/aromatic N) is 2. The molecule has 6 nitrogen and oxygen atoms in total. The number of ether oxygens (including phenoxy) is 2. The molecule has 1 heterocycles. The van der Waals surface area contributed by atoms with E-state index in [1.165, 1.54) is 0 Å². The van der Waals surface area contributed by atoms with Crippen LogP contribution in [0.15, 0.2) is 24.3 Å². The van der Waals surface area contributed by atoms with E-state index in [2.05, 4.69) is 20.6 Å². The Morgan fingerprint density at radius 2 is 1.68 bits per heavy atom. The zero-order chi connectivity index (χ0) is 16.1. The number of aryl methyl sites for hydroxylation is 2. The molecule has 0 amide bonds. The lowest BCUT2D eigenvalue weighted by Gasteiger charge is -2.14. The van der Waals surface area contributed by atoms with Crippen LogP contribution in [-0.2, 0) is 0 Å². The third-order valence-corrected chi connectivity index (χ3v) is 3.07. The summed E-state index contributed by atoms with van der Waals surface area (Å²) in [5.74, 6) is 1.82. The van der Waals surface area contributed by atoms with Crippen LogP contribution in [0.3, 0.4) is 0 Å². The van der Waals surface area contributed by atoms with Crippen LogP contribution in [0, 0.1) is 13.8 Å². The van der Waals surface area contributed by atoms with Crippen molar-refractivity contribution in [3.8, 4) is 11.5 Å². The average Bonchev–Trinajstić information content (AvgIpc) is 2.45. The molecule has 22 heavy (non-hydrogen) atoms. The van der Waals surface area contributed by atoms with Gasteiger partial charge in [-0.25, -0.2) is 9.97 Å². The summed E-state index contributed by atoms with van der Waals surface area (Å²) >= 11 is 5.29. The summed E-state index contributed by atoms with van der Waals surface area (Å²) < 4.78 is 10.5. The third kappa shape index (κ3) is 4.05. The van der Waals surface area contributed by atoms with Crippen molar-refractivity contribution in [2.45, 2.75) is 13.8 Å². The van der Waals surface area contributed by atoms with Crippen molar-refractivity contribution in [3.05, 3.63) is 35.7 Å². The van der Waals surface area contributed by atoms with Crippen LogP contribution in [0.4, 0.5) is 11.6 Å². The monoisotopic (exact) mass is 318 g/mol. The molecular formula is C15H18N4O2S. The van der Waals surface area contributed by atoms with Gasteiger partial charge in [0.05, 0.1) is 19.9 Å². The maximum absolute atomic E-state index is 5.30. The van der Waals surface area contributed by atoms with Crippen molar-refractivity contribution >= 4 is 29.0 Å². The van der Waals surface area contributed by atoms with Gasteiger partial charge in [0.25, 0.3) is 0 Å². The van der Waals surface area contributed by atoms with Crippen LogP contribution in [0.2, 0.25) is 0 Å². The van der Waals surface area contributed by atoms with Gasteiger partial charge < -0.3 is 20.1 Å². The number of aromatic nitrogens is 2. The van der Waals surface area contributed by atoms with Crippen LogP contribution in [0.1, 0.15) is 11.4 Å². The standard InChI is InChI=1S/C15H18N4O2S/c1-9-7-10(2)17-14(16-9)19-15(22)18-12-8-11(20-3)5-6-13(12)21-4/h5-8H,1-4H3,(H2,16,17,18,19,22). The summed E-state index contributed by atoms with van der Waals surface area (Å²) in [6.07, 6.45) is 0. The highest BCUT2D eigenvalue weighted by Crippen LogP contribution is 2.28. The Labute approximate surface area is 134 Å². The number of rotatable bonds is 4. The molecule has 116 valence electrons. The minimum absolute atomic E-state index is 0.372. The number of anilines is 2. The summed E-state index contributed by atoms with van der Waals surface area (Å²) in [5, 5.41) is 6.39. The minimum atomic E-state index is 0.372. The van der Waals surface area contributed by atoms with Gasteiger partial charge in [0.15, 0.2) is 5.11 Å². The normalized spacial score (nSPS) is 10.0. The molecule has 0 unspecified atom stereocenters. The second kappa shape index (κ2) is 7.04. The zero-order valence-electron chi connectivity index (χ0n) is 12.9. The molecule has 2 rings (SSSR count). The predicted octanol–water partition coefficient (Wildman–Crippen LogP) is 2.92. The molecule has 0 spiro atoms. The molecule has 0 aliphatic heterocycles. The molecule has 1 aromatic carbocycles. The third-order valence-electron chi connectivity index (χ3n) is 2.86. The molecule has 2 N–H and O–H groups in total. The molecule has 0 saturated heterocycles. The molecule has 0 saturated carbocycles. The van der Waals surface area contributed by atoms with Crippen LogP contribution < -0.4 is 20.1 Å². The van der Waals surface area contributed by atoms with Crippen molar-refractivity contribution in [1.82, 2.24) is 9.97 Å². The van der Waals surface area contributed by atoms with E-state index in [9.17, 15) is 0 Å². The maximum Gasteiger partial charge on any atom is 0.229 e. The van der Waals surface area contributed by atoms with Gasteiger partial charge >= 0.3 is 0 Å². The van der Waals surface area contributed by atoms with E-state index in [1.54, 1.807) is 26.4 Å². The first-order valence-corrected chi connectivity index (χ1v) is 7.05. The van der Waals surface area contributed by atoms with Gasteiger partial charge in [-0.1, -0.05) is 0 Å². The molecule has 0 aliphatic carbocycles. The molecule has 0 fully saturated rings. The molecule has 7 heteroatoms. The lowest BCUT2D eigenvalue weighted by molar-refractivity contribution is 0.405. The lowest BCUT2D eigenvalue weighted by atomic mass is 10.2. The smallest absolute Gasteiger partial charge is 0.229 e. The second-order valence-electron chi connectivity index (χ2n) is 4.62. The molecule has 2 aromatic rings. The van der Waals surface area contributed by atoms with Crippen LogP contribution in [0.5, 0.6) is 11.5 Å². The van der Waals surface area contributed by atoms with E-state index >= 15 is 0 Å². The van der Waals surface area contributed by atoms with Gasteiger partial charge in [0.2, 0.25) is 5.95 Å². The Balaban J connectivity index is 2.14. The van der Waals surface area contributed by atoms with E-state index in [-0.39, 0.29) is 0 Å². The average molecular weight is 318 g/mol. The Bertz CT molecular complexity index is 671. The minimum Gasteiger partial charge on any atom is -0.497 e. The van der Waals surface area contributed by atoms with Crippen molar-refractivity contribution in [3.63, 3.8) is 0 Å². The van der Waals surface area contributed by atoms with Crippen LogP contribution in [-0.4, -0.2) is 29.3 Å². The van der Waals surface area contributed by atoms with Crippen molar-refractivity contribution in [2.24, 2.45) is 0 Å². The number of hydrogen-bond acceptors (Lipinski definition) is 5. The van der Waals surface area contributed by atoms with E-state index in [4.69, 9.17) is 21.7 Å². The fourth-order valence-electron chi connectivity index (χ4n) is 1.95. The molecule has 1 aromatic heterocycles. The number of nitrogens with one attached hydrogen (secondary N) is 2. The highest BCUT2D eigenvalue weighted by atomic mass is 32.1. The molecule has 0 radical (unpaired) electrons. The largest absolute Gasteiger partial charge is 0.497 e. The summed E-state index contributed by atoms with van der Waals surface area (Å²) in [7, 11) is 3.20. The van der Waals surface area contributed by atoms with Gasteiger partial charge in [-0.15, -0.1) is 0 Å². The number of benzene rings is 1. The molecule has 0 bridgehead atoms. The molecule has 0 atom stereocenters. The SMILES string of the molecule is COc1ccc(OC)c(NC(=S)Nc2nc(C)cc(C)n2)c1. The predicted molar refractivity (Wildman–Crippen MR) is 90.9 cm³/mol. The quantitative estimate of drug-likeness (QED) is 0.840. The maximum atomic E-state index is 5.30. The van der Waals surface area contributed by atoms with Crippen LogP contribution >= 0.6 is 12.2 Å². The summed E-state index contributed by atoms with van der Waals surface area (Å²) in [6, 6.07) is 7.31. The first-order valence-electron chi connectivity index (χ1n) is 6.64. The lowest BCUT2D eigenvalue weighted by Crippen LogP contribution is -2.21. The van der Waals surface area contributed by atoms with Gasteiger partial charge in [-0.05, 0) is 44.3 Å². The van der Waals surface area contributed by atoms with Crippen molar-refractivity contribution < 1.29 is 9.47 Å². The van der Waals surface area contributed by atoms with Gasteiger partial charge in [0, 0.05) is 17.5 Å². The first kappa shape index (κ1) is 16.0. The zero-order valence-corrected chi connectivity index (χ0v) is 13.7. The summed E-state index contributed by atoms with van der Waals surface area (Å²) in [6.45, 7) is 3.81. The van der Waals surface area contributed by atoms with Gasteiger partial charge in [-0.2, -0.15) is 0 Å². The fourth-order valence-corrected chi connectivity index (χ4v) is 2.15. The summed E-state index contributed by atoms with van der Waals surface area (Å²) in [4.78, 5) is 8.57. The number of methoxy groups -OCH3 is 2. The highest BCUT2D eigenvalue weighted by molar-refractivity contribution is 7.80. The number of hydrogen-bond donors (Lipinski definition) is 2. The van der Waals surface area contributed by atoms with E-state index < -0.39 is 0 Å². The van der Waals surface area contributed by atoms with E-state index in [1.807, 2.05) is 26.0 Å². The molecule has 0 aliphatic rings. The van der Waals surface area contributed by atoms with Gasteiger partial charge in [-0.3, -0.25) is 0 Å². The number of thiocarbonyl (C=S) groups is 1. The van der Waals surface area contributed by atoms with Gasteiger partial charge in [0.1, 0.15) is 11.5 Å². The molecular weight excluding hydrogens is 300 g/mol. The van der Waals surface area contributed by atoms with Crippen molar-refractivity contribution in [2.75, 3.05) is 24.9 Å². The fraction of sp³-hybridized carbons (Fsp3) is 0.267. The topological polar surface area (TPSA) is 68.3 Å².